The van der Waals surface area contributed by atoms with E-state index in [9.17, 15) is 17.6 Å². The van der Waals surface area contributed by atoms with E-state index in [4.69, 9.17) is 4.74 Å². The molecule has 0 bridgehead atoms. The number of nitrogens with zero attached hydrogens (tertiary/aromatic N) is 3. The van der Waals surface area contributed by atoms with Gasteiger partial charge >= 0.3 is 0 Å². The Hall–Kier alpha value is -3.60. The van der Waals surface area contributed by atoms with E-state index in [0.29, 0.717) is 48.0 Å². The first kappa shape index (κ1) is 22.6. The first-order valence-corrected chi connectivity index (χ1v) is 11.9. The summed E-state index contributed by atoms with van der Waals surface area (Å²) in [5, 5.41) is 2.15. The summed E-state index contributed by atoms with van der Waals surface area (Å²) in [6.07, 6.45) is 5.51. The third-order valence-electron chi connectivity index (χ3n) is 4.83. The number of aromatic nitrogens is 3. The lowest BCUT2D eigenvalue weighted by molar-refractivity contribution is -0.115. The molecule has 1 aliphatic rings. The van der Waals surface area contributed by atoms with E-state index in [1.165, 1.54) is 42.9 Å². The van der Waals surface area contributed by atoms with Crippen LogP contribution in [0.4, 0.5) is 15.8 Å². The highest BCUT2D eigenvalue weighted by atomic mass is 32.2. The highest BCUT2D eigenvalue weighted by molar-refractivity contribution is 7.93. The van der Waals surface area contributed by atoms with Crippen LogP contribution in [-0.4, -0.2) is 41.1 Å². The Kier molecular flexibility index (Phi) is 6.50. The van der Waals surface area contributed by atoms with Crippen molar-refractivity contribution in [3.05, 3.63) is 60.4 Å². The Morgan fingerprint density at radius 2 is 2.03 bits per heavy atom. The fraction of sp³-hybridized carbons (Fsp3) is 0.273. The van der Waals surface area contributed by atoms with Crippen LogP contribution in [0.3, 0.4) is 0 Å². The summed E-state index contributed by atoms with van der Waals surface area (Å²) < 4.78 is 46.6. The van der Waals surface area contributed by atoms with E-state index < -0.39 is 21.7 Å². The Balaban J connectivity index is 1.42. The zero-order chi connectivity index (χ0) is 23.4. The number of hydrogen-bond acceptors (Lipinski definition) is 7. The molecule has 1 saturated carbocycles. The fourth-order valence-corrected chi connectivity index (χ4v) is 4.48. The molecule has 1 aromatic carbocycles. The van der Waals surface area contributed by atoms with Gasteiger partial charge in [-0.2, -0.15) is 0 Å². The van der Waals surface area contributed by atoms with Crippen LogP contribution in [0.1, 0.15) is 25.5 Å². The molecular formula is C22H22FN5O4S. The molecule has 172 valence electrons. The number of pyridine rings is 1. The molecule has 2 heterocycles. The molecule has 2 N–H and O–H groups in total. The minimum atomic E-state index is -3.42. The fourth-order valence-electron chi connectivity index (χ4n) is 3.10. The van der Waals surface area contributed by atoms with Gasteiger partial charge in [0.15, 0.2) is 0 Å². The third-order valence-corrected chi connectivity index (χ3v) is 6.69. The predicted octanol–water partition coefficient (Wildman–Crippen LogP) is 3.16. The van der Waals surface area contributed by atoms with Gasteiger partial charge in [0.2, 0.25) is 21.8 Å². The third kappa shape index (κ3) is 5.80. The Morgan fingerprint density at radius 3 is 2.76 bits per heavy atom. The van der Waals surface area contributed by atoms with E-state index >= 15 is 0 Å². The summed E-state index contributed by atoms with van der Waals surface area (Å²) in [7, 11) is -3.42. The van der Waals surface area contributed by atoms with Gasteiger partial charge in [-0.3, -0.25) is 19.5 Å². The molecule has 4 rings (SSSR count). The number of hydrogen-bond donors (Lipinski definition) is 2. The van der Waals surface area contributed by atoms with Gasteiger partial charge in [-0.05, 0) is 44.0 Å². The molecule has 1 amide bonds. The van der Waals surface area contributed by atoms with Crippen molar-refractivity contribution in [1.29, 1.82) is 0 Å². The summed E-state index contributed by atoms with van der Waals surface area (Å²) in [5.74, 6) is -0.792. The largest absolute Gasteiger partial charge is 0.477 e. The van der Waals surface area contributed by atoms with Crippen LogP contribution < -0.4 is 14.8 Å². The standard InChI is InChI=1S/C22H22FN5O4S/c1-2-32-22-13-24-12-20(27-22)14-3-6-19(18(23)9-14)26-21(29)11-16-10-15(7-8-25-16)28-33(30,31)17-4-5-17/h3,6-10,12-13,17H,2,4-5,11H2,1H3,(H,25,28)(H,26,29). The molecule has 2 aromatic heterocycles. The molecule has 0 saturated heterocycles. The Labute approximate surface area is 190 Å². The highest BCUT2D eigenvalue weighted by Gasteiger charge is 2.35. The molecule has 3 aromatic rings. The lowest BCUT2D eigenvalue weighted by Crippen LogP contribution is -2.18. The van der Waals surface area contributed by atoms with Crippen molar-refractivity contribution < 1.29 is 22.3 Å². The monoisotopic (exact) mass is 471 g/mol. The first-order valence-electron chi connectivity index (χ1n) is 10.3. The number of carbonyl (C=O) groups is 1. The minimum Gasteiger partial charge on any atom is -0.477 e. The van der Waals surface area contributed by atoms with E-state index in [1.807, 2.05) is 6.92 Å². The maximum absolute atomic E-state index is 14.6. The minimum absolute atomic E-state index is 0.00302. The van der Waals surface area contributed by atoms with Crippen molar-refractivity contribution in [2.75, 3.05) is 16.6 Å². The number of sulfonamides is 1. The molecule has 0 atom stereocenters. The average Bonchev–Trinajstić information content (AvgIpc) is 3.62. The van der Waals surface area contributed by atoms with Crippen molar-refractivity contribution >= 4 is 27.3 Å². The van der Waals surface area contributed by atoms with Gasteiger partial charge in [-0.25, -0.2) is 17.8 Å². The maximum atomic E-state index is 14.6. The molecule has 1 aliphatic carbocycles. The van der Waals surface area contributed by atoms with Gasteiger partial charge < -0.3 is 10.1 Å². The van der Waals surface area contributed by atoms with Crippen LogP contribution in [0.15, 0.2) is 48.9 Å². The number of nitrogens with one attached hydrogen (secondary N) is 2. The second-order valence-electron chi connectivity index (χ2n) is 7.48. The van der Waals surface area contributed by atoms with Crippen molar-refractivity contribution in [3.63, 3.8) is 0 Å². The lowest BCUT2D eigenvalue weighted by Gasteiger charge is -2.10. The molecule has 0 spiro atoms. The second kappa shape index (κ2) is 9.49. The molecule has 1 fully saturated rings. The van der Waals surface area contributed by atoms with E-state index in [1.54, 1.807) is 6.07 Å². The Bertz CT molecular complexity index is 1280. The number of anilines is 2. The summed E-state index contributed by atoms with van der Waals surface area (Å²) >= 11 is 0. The number of halogens is 1. The predicted molar refractivity (Wildman–Crippen MR) is 121 cm³/mol. The zero-order valence-electron chi connectivity index (χ0n) is 17.8. The molecular weight excluding hydrogens is 449 g/mol. The second-order valence-corrected chi connectivity index (χ2v) is 9.44. The average molecular weight is 472 g/mol. The molecule has 9 nitrogen and oxygen atoms in total. The van der Waals surface area contributed by atoms with E-state index in [0.717, 1.165) is 0 Å². The topological polar surface area (TPSA) is 123 Å². The van der Waals surface area contributed by atoms with Gasteiger partial charge in [-0.1, -0.05) is 6.07 Å². The zero-order valence-corrected chi connectivity index (χ0v) is 18.6. The van der Waals surface area contributed by atoms with Crippen LogP contribution in [0, 0.1) is 5.82 Å². The van der Waals surface area contributed by atoms with Gasteiger partial charge in [0.1, 0.15) is 5.82 Å². The number of rotatable bonds is 9. The van der Waals surface area contributed by atoms with E-state index in [-0.39, 0.29) is 17.4 Å². The lowest BCUT2D eigenvalue weighted by atomic mass is 10.1. The first-order chi connectivity index (χ1) is 15.8. The van der Waals surface area contributed by atoms with Gasteiger partial charge in [0, 0.05) is 11.8 Å². The van der Waals surface area contributed by atoms with Gasteiger partial charge in [0.05, 0.1) is 53.4 Å². The van der Waals surface area contributed by atoms with Crippen LogP contribution in [0.25, 0.3) is 11.3 Å². The van der Waals surface area contributed by atoms with Crippen LogP contribution >= 0.6 is 0 Å². The van der Waals surface area contributed by atoms with Crippen LogP contribution in [-0.2, 0) is 21.2 Å². The summed E-state index contributed by atoms with van der Waals surface area (Å²) in [6.45, 7) is 2.26. The number of benzene rings is 1. The number of carbonyl (C=O) groups excluding carboxylic acids is 1. The number of ether oxygens (including phenoxy) is 1. The molecule has 0 unspecified atom stereocenters. The molecule has 11 heteroatoms. The van der Waals surface area contributed by atoms with Crippen molar-refractivity contribution in [2.45, 2.75) is 31.4 Å². The van der Waals surface area contributed by atoms with Gasteiger partial charge in [0.25, 0.3) is 0 Å². The molecule has 0 aliphatic heterocycles. The number of amides is 1. The van der Waals surface area contributed by atoms with Gasteiger partial charge in [-0.15, -0.1) is 0 Å². The van der Waals surface area contributed by atoms with Crippen molar-refractivity contribution in [2.24, 2.45) is 0 Å². The van der Waals surface area contributed by atoms with Crippen molar-refractivity contribution in [1.82, 2.24) is 15.0 Å². The summed E-state index contributed by atoms with van der Waals surface area (Å²) in [5.41, 5.74) is 1.61. The molecule has 0 radical (unpaired) electrons. The normalized spacial score (nSPS) is 13.4. The SMILES string of the molecule is CCOc1cncc(-c2ccc(NC(=O)Cc3cc(NS(=O)(=O)C4CC4)ccn3)c(F)c2)n1. The van der Waals surface area contributed by atoms with Crippen LogP contribution in [0.5, 0.6) is 5.88 Å². The maximum Gasteiger partial charge on any atom is 0.235 e. The Morgan fingerprint density at radius 1 is 1.21 bits per heavy atom. The van der Waals surface area contributed by atoms with Crippen LogP contribution in [0.2, 0.25) is 0 Å². The smallest absolute Gasteiger partial charge is 0.235 e. The molecule has 33 heavy (non-hydrogen) atoms. The summed E-state index contributed by atoms with van der Waals surface area (Å²) in [6, 6.07) is 7.31. The highest BCUT2D eigenvalue weighted by Crippen LogP contribution is 2.29. The van der Waals surface area contributed by atoms with E-state index in [2.05, 4.69) is 25.0 Å². The summed E-state index contributed by atoms with van der Waals surface area (Å²) in [4.78, 5) is 24.8. The van der Waals surface area contributed by atoms with Crippen molar-refractivity contribution in [3.8, 4) is 17.1 Å². The quantitative estimate of drug-likeness (QED) is 0.491.